The Labute approximate surface area is 158 Å². The number of aromatic nitrogens is 1. The minimum Gasteiger partial charge on any atom is -0.435 e. The van der Waals surface area contributed by atoms with Gasteiger partial charge in [0.25, 0.3) is 0 Å². The fourth-order valence-corrected chi connectivity index (χ4v) is 3.54. The molecule has 2 heterocycles. The second-order valence-electron chi connectivity index (χ2n) is 6.11. The molecule has 8 heteroatoms. The number of halogens is 2. The summed E-state index contributed by atoms with van der Waals surface area (Å²) in [4.78, 5) is 29.4. The molecule has 0 spiro atoms. The number of anilines is 1. The van der Waals surface area contributed by atoms with Crippen molar-refractivity contribution >= 4 is 51.8 Å². The van der Waals surface area contributed by atoms with Gasteiger partial charge in [0.15, 0.2) is 5.58 Å². The fourth-order valence-electron chi connectivity index (χ4n) is 3.01. The number of nitrogens with two attached hydrogens (primary N) is 1. The van der Waals surface area contributed by atoms with Crippen molar-refractivity contribution in [1.29, 1.82) is 0 Å². The van der Waals surface area contributed by atoms with Gasteiger partial charge in [-0.15, -0.1) is 0 Å². The van der Waals surface area contributed by atoms with Crippen molar-refractivity contribution in [3.63, 3.8) is 0 Å². The summed E-state index contributed by atoms with van der Waals surface area (Å²) < 4.78 is 5.73. The Hall–Kier alpha value is -2.57. The maximum Gasteiger partial charge on any atom is 0.227 e. The van der Waals surface area contributed by atoms with Crippen LogP contribution in [0.15, 0.2) is 40.8 Å². The molecule has 1 fully saturated rings. The van der Waals surface area contributed by atoms with Gasteiger partial charge in [0, 0.05) is 29.2 Å². The first kappa shape index (κ1) is 16.9. The van der Waals surface area contributed by atoms with Gasteiger partial charge in [0.1, 0.15) is 5.52 Å². The van der Waals surface area contributed by atoms with Gasteiger partial charge in [-0.25, -0.2) is 4.98 Å². The highest BCUT2D eigenvalue weighted by atomic mass is 35.5. The van der Waals surface area contributed by atoms with E-state index in [4.69, 9.17) is 33.4 Å². The van der Waals surface area contributed by atoms with Crippen LogP contribution in [0.1, 0.15) is 6.42 Å². The first-order valence-electron chi connectivity index (χ1n) is 7.88. The van der Waals surface area contributed by atoms with E-state index in [0.29, 0.717) is 39.3 Å². The van der Waals surface area contributed by atoms with E-state index in [1.165, 1.54) is 0 Å². The average molecular weight is 390 g/mol. The molecule has 1 aliphatic heterocycles. The fraction of sp³-hybridized carbons (Fsp3) is 0.167. The maximum absolute atomic E-state index is 12.1. The Morgan fingerprint density at radius 1 is 1.23 bits per heavy atom. The van der Waals surface area contributed by atoms with E-state index in [2.05, 4.69) is 4.98 Å². The van der Waals surface area contributed by atoms with E-state index in [9.17, 15) is 9.59 Å². The van der Waals surface area contributed by atoms with Gasteiger partial charge in [-0.1, -0.05) is 23.2 Å². The molecule has 0 unspecified atom stereocenters. The number of nitrogens with zero attached hydrogens (tertiary/aromatic N) is 2. The molecule has 0 aliphatic carbocycles. The first-order chi connectivity index (χ1) is 12.4. The third kappa shape index (κ3) is 2.91. The molecule has 0 bridgehead atoms. The average Bonchev–Trinajstić information content (AvgIpc) is 3.19. The van der Waals surface area contributed by atoms with Gasteiger partial charge in [-0.05, 0) is 36.4 Å². The SMILES string of the molecule is NC(=O)[C@H]1CC(=O)N(c2ccc(-c3nc4cc(Cl)cc(Cl)c4o3)cc2)C1. The summed E-state index contributed by atoms with van der Waals surface area (Å²) in [6, 6.07) is 10.4. The third-order valence-corrected chi connectivity index (χ3v) is 4.86. The van der Waals surface area contributed by atoms with Crippen LogP contribution < -0.4 is 10.6 Å². The lowest BCUT2D eigenvalue weighted by Gasteiger charge is -2.16. The quantitative estimate of drug-likeness (QED) is 0.740. The van der Waals surface area contributed by atoms with Gasteiger partial charge in [0.05, 0.1) is 10.9 Å². The normalized spacial score (nSPS) is 17.2. The van der Waals surface area contributed by atoms with Crippen molar-refractivity contribution in [3.05, 3.63) is 46.4 Å². The summed E-state index contributed by atoms with van der Waals surface area (Å²) in [6.45, 7) is 0.296. The van der Waals surface area contributed by atoms with E-state index >= 15 is 0 Å². The topological polar surface area (TPSA) is 89.4 Å². The second-order valence-corrected chi connectivity index (χ2v) is 6.95. The van der Waals surface area contributed by atoms with E-state index in [-0.39, 0.29) is 12.3 Å². The van der Waals surface area contributed by atoms with Crippen LogP contribution in [0, 0.1) is 5.92 Å². The molecule has 1 aliphatic rings. The molecule has 0 radical (unpaired) electrons. The smallest absolute Gasteiger partial charge is 0.227 e. The third-order valence-electron chi connectivity index (χ3n) is 4.36. The molecule has 3 aromatic rings. The number of oxazole rings is 1. The van der Waals surface area contributed by atoms with Crippen molar-refractivity contribution in [2.45, 2.75) is 6.42 Å². The second kappa shape index (κ2) is 6.30. The number of fused-ring (bicyclic) bond motifs is 1. The standard InChI is InChI=1S/C18H13Cl2N3O3/c19-11-6-13(20)16-14(7-11)22-18(26-16)9-1-3-12(4-2-9)23-8-10(17(21)25)5-15(23)24/h1-4,6-7,10H,5,8H2,(H2,21,25)/t10-/m0/s1. The molecule has 26 heavy (non-hydrogen) atoms. The summed E-state index contributed by atoms with van der Waals surface area (Å²) in [5.74, 6) is -0.631. The highest BCUT2D eigenvalue weighted by Gasteiger charge is 2.33. The van der Waals surface area contributed by atoms with E-state index in [0.717, 1.165) is 5.56 Å². The zero-order valence-electron chi connectivity index (χ0n) is 13.4. The number of benzene rings is 2. The molecular formula is C18H13Cl2N3O3. The van der Waals surface area contributed by atoms with Crippen LogP contribution in [0.25, 0.3) is 22.6 Å². The molecular weight excluding hydrogens is 377 g/mol. The van der Waals surface area contributed by atoms with Crippen LogP contribution in [0.5, 0.6) is 0 Å². The van der Waals surface area contributed by atoms with Gasteiger partial charge >= 0.3 is 0 Å². The number of rotatable bonds is 3. The lowest BCUT2D eigenvalue weighted by molar-refractivity contribution is -0.123. The summed E-state index contributed by atoms with van der Waals surface area (Å²) in [5.41, 5.74) is 7.76. The summed E-state index contributed by atoms with van der Waals surface area (Å²) in [5, 5.41) is 0.872. The highest BCUT2D eigenvalue weighted by molar-refractivity contribution is 6.38. The molecule has 4 rings (SSSR count). The Morgan fingerprint density at radius 2 is 1.96 bits per heavy atom. The van der Waals surface area contributed by atoms with Crippen molar-refractivity contribution < 1.29 is 14.0 Å². The van der Waals surface area contributed by atoms with Crippen molar-refractivity contribution in [2.75, 3.05) is 11.4 Å². The molecule has 1 saturated heterocycles. The number of amides is 2. The van der Waals surface area contributed by atoms with Gasteiger partial charge in [-0.2, -0.15) is 0 Å². The Bertz CT molecular complexity index is 1030. The molecule has 1 aromatic heterocycles. The Balaban J connectivity index is 1.63. The summed E-state index contributed by atoms with van der Waals surface area (Å²) in [6.07, 6.45) is 0.140. The molecule has 1 atom stereocenters. The zero-order valence-corrected chi connectivity index (χ0v) is 14.9. The Kier molecular flexibility index (Phi) is 4.09. The Morgan fingerprint density at radius 3 is 2.62 bits per heavy atom. The molecule has 0 saturated carbocycles. The molecule has 2 amide bonds. The van der Waals surface area contributed by atoms with Crippen molar-refractivity contribution in [3.8, 4) is 11.5 Å². The minimum absolute atomic E-state index is 0.121. The van der Waals surface area contributed by atoms with E-state index < -0.39 is 11.8 Å². The van der Waals surface area contributed by atoms with Crippen LogP contribution in [0.2, 0.25) is 10.0 Å². The van der Waals surface area contributed by atoms with Crippen LogP contribution in [0.3, 0.4) is 0 Å². The number of carbonyl (C=O) groups excluding carboxylic acids is 2. The van der Waals surface area contributed by atoms with Crippen LogP contribution in [-0.4, -0.2) is 23.3 Å². The molecule has 6 nitrogen and oxygen atoms in total. The van der Waals surface area contributed by atoms with Crippen molar-refractivity contribution in [1.82, 2.24) is 4.98 Å². The molecule has 2 aromatic carbocycles. The lowest BCUT2D eigenvalue weighted by Crippen LogP contribution is -2.28. The van der Waals surface area contributed by atoms with Gasteiger partial charge < -0.3 is 15.1 Å². The largest absolute Gasteiger partial charge is 0.435 e. The predicted molar refractivity (Wildman–Crippen MR) is 99.1 cm³/mol. The first-order valence-corrected chi connectivity index (χ1v) is 8.63. The number of hydrogen-bond donors (Lipinski definition) is 1. The predicted octanol–water partition coefficient (Wildman–Crippen LogP) is 3.64. The van der Waals surface area contributed by atoms with E-state index in [1.807, 2.05) is 0 Å². The minimum atomic E-state index is -0.459. The van der Waals surface area contributed by atoms with E-state index in [1.54, 1.807) is 41.3 Å². The maximum atomic E-state index is 12.1. The molecule has 132 valence electrons. The monoisotopic (exact) mass is 389 g/mol. The van der Waals surface area contributed by atoms with Crippen LogP contribution in [0.4, 0.5) is 5.69 Å². The number of hydrogen-bond acceptors (Lipinski definition) is 4. The highest BCUT2D eigenvalue weighted by Crippen LogP contribution is 2.33. The molecule has 2 N–H and O–H groups in total. The van der Waals surface area contributed by atoms with Crippen molar-refractivity contribution in [2.24, 2.45) is 11.7 Å². The van der Waals surface area contributed by atoms with Gasteiger partial charge in [-0.3, -0.25) is 9.59 Å². The summed E-state index contributed by atoms with van der Waals surface area (Å²) in [7, 11) is 0. The zero-order chi connectivity index (χ0) is 18.4. The van der Waals surface area contributed by atoms with Crippen LogP contribution in [-0.2, 0) is 9.59 Å². The van der Waals surface area contributed by atoms with Gasteiger partial charge in [0.2, 0.25) is 17.7 Å². The van der Waals surface area contributed by atoms with Crippen LogP contribution >= 0.6 is 23.2 Å². The number of primary amides is 1. The summed E-state index contributed by atoms with van der Waals surface area (Å²) >= 11 is 12.1. The number of carbonyl (C=O) groups is 2. The lowest BCUT2D eigenvalue weighted by atomic mass is 10.1.